The first kappa shape index (κ1) is 20.1. The lowest BCUT2D eigenvalue weighted by Crippen LogP contribution is -2.35. The van der Waals surface area contributed by atoms with Crippen molar-refractivity contribution < 1.29 is 19.1 Å². The second kappa shape index (κ2) is 8.69. The molecule has 0 atom stereocenters. The molecule has 150 valence electrons. The minimum atomic E-state index is -0.409. The number of para-hydroxylation sites is 1. The number of amides is 3. The number of nitrogens with zero attached hydrogens (tertiary/aromatic N) is 1. The highest BCUT2D eigenvalue weighted by atomic mass is 32.2. The Kier molecular flexibility index (Phi) is 5.84. The smallest absolute Gasteiger partial charge is 0.290 e. The summed E-state index contributed by atoms with van der Waals surface area (Å²) in [7, 11) is 1.55. The summed E-state index contributed by atoms with van der Waals surface area (Å²) in [4.78, 5) is 38.5. The first-order valence-corrected chi connectivity index (χ1v) is 10.8. The third kappa shape index (κ3) is 4.22. The first-order chi connectivity index (χ1) is 14.5. The summed E-state index contributed by atoms with van der Waals surface area (Å²) in [5, 5.41) is 1.85. The van der Waals surface area contributed by atoms with Gasteiger partial charge in [-0.25, -0.2) is 0 Å². The van der Waals surface area contributed by atoms with E-state index in [9.17, 15) is 14.4 Å². The molecule has 2 aromatic rings. The second-order valence-corrected chi connectivity index (χ2v) is 8.38. The van der Waals surface area contributed by atoms with Crippen molar-refractivity contribution in [3.8, 4) is 17.6 Å². The molecule has 1 N–H and O–H groups in total. The summed E-state index contributed by atoms with van der Waals surface area (Å²) in [5.74, 6) is 6.72. The van der Waals surface area contributed by atoms with Crippen LogP contribution in [0, 0.1) is 11.8 Å². The van der Waals surface area contributed by atoms with Crippen LogP contribution in [0.4, 0.5) is 10.5 Å². The van der Waals surface area contributed by atoms with E-state index in [1.54, 1.807) is 36.3 Å². The average molecular weight is 437 g/mol. The summed E-state index contributed by atoms with van der Waals surface area (Å²) in [6, 6.07) is 13.1. The fraction of sp³-hybridized carbons (Fsp3) is 0.136. The number of hydrogen-bond donors (Lipinski definition) is 1. The Morgan fingerprint density at radius 2 is 2.03 bits per heavy atom. The van der Waals surface area contributed by atoms with Gasteiger partial charge in [0.25, 0.3) is 11.1 Å². The van der Waals surface area contributed by atoms with Crippen molar-refractivity contribution in [2.45, 2.75) is 4.90 Å². The van der Waals surface area contributed by atoms with Gasteiger partial charge in [-0.1, -0.05) is 30.0 Å². The van der Waals surface area contributed by atoms with Gasteiger partial charge in [-0.3, -0.25) is 24.6 Å². The van der Waals surface area contributed by atoms with Crippen LogP contribution >= 0.6 is 23.5 Å². The van der Waals surface area contributed by atoms with Crippen LogP contribution in [0.15, 0.2) is 52.3 Å². The van der Waals surface area contributed by atoms with Crippen molar-refractivity contribution >= 4 is 52.3 Å². The maximum Gasteiger partial charge on any atom is 0.290 e. The van der Waals surface area contributed by atoms with Gasteiger partial charge in [0.05, 0.1) is 35.6 Å². The Labute approximate surface area is 182 Å². The van der Waals surface area contributed by atoms with Crippen LogP contribution in [0.5, 0.6) is 5.75 Å². The molecule has 0 saturated carbocycles. The van der Waals surface area contributed by atoms with E-state index in [0.717, 1.165) is 27.9 Å². The Morgan fingerprint density at radius 3 is 2.80 bits per heavy atom. The van der Waals surface area contributed by atoms with Gasteiger partial charge >= 0.3 is 0 Å². The predicted octanol–water partition coefficient (Wildman–Crippen LogP) is 3.51. The Bertz CT molecular complexity index is 1150. The molecule has 0 unspecified atom stereocenters. The molecule has 3 amide bonds. The van der Waals surface area contributed by atoms with E-state index >= 15 is 0 Å². The predicted molar refractivity (Wildman–Crippen MR) is 118 cm³/mol. The number of imide groups is 1. The number of carbonyl (C=O) groups is 3. The van der Waals surface area contributed by atoms with Crippen molar-refractivity contribution in [2.24, 2.45) is 0 Å². The van der Waals surface area contributed by atoms with Crippen molar-refractivity contribution in [3.63, 3.8) is 0 Å². The van der Waals surface area contributed by atoms with E-state index in [1.165, 1.54) is 11.8 Å². The van der Waals surface area contributed by atoms with Gasteiger partial charge in [-0.15, -0.1) is 11.8 Å². The molecule has 1 saturated heterocycles. The molecule has 2 heterocycles. The molecule has 2 aliphatic rings. The highest BCUT2D eigenvalue weighted by Gasteiger charge is 2.25. The molecule has 2 aromatic carbocycles. The number of carbonyl (C=O) groups excluding carboxylic acids is 3. The Balaban J connectivity index is 1.59. The van der Waals surface area contributed by atoms with Gasteiger partial charge in [0, 0.05) is 4.90 Å². The third-order valence-electron chi connectivity index (χ3n) is 4.43. The topological polar surface area (TPSA) is 75.7 Å². The molecule has 2 aliphatic heterocycles. The number of benzene rings is 2. The molecule has 0 aliphatic carbocycles. The van der Waals surface area contributed by atoms with E-state index in [1.807, 2.05) is 24.3 Å². The zero-order chi connectivity index (χ0) is 21.1. The maximum absolute atomic E-state index is 12.4. The number of rotatable bonds is 3. The molecule has 0 aromatic heterocycles. The van der Waals surface area contributed by atoms with Gasteiger partial charge in [0.2, 0.25) is 5.91 Å². The number of fused-ring (bicyclic) bond motifs is 1. The minimum Gasteiger partial charge on any atom is -0.495 e. The highest BCUT2D eigenvalue weighted by molar-refractivity contribution is 8.18. The van der Waals surface area contributed by atoms with E-state index < -0.39 is 5.91 Å². The van der Waals surface area contributed by atoms with Gasteiger partial charge in [-0.05, 0) is 47.7 Å². The summed E-state index contributed by atoms with van der Waals surface area (Å²) in [6.45, 7) is 0.262. The molecule has 1 fully saturated rings. The molecule has 0 spiro atoms. The zero-order valence-corrected chi connectivity index (χ0v) is 17.6. The van der Waals surface area contributed by atoms with E-state index in [-0.39, 0.29) is 17.7 Å². The van der Waals surface area contributed by atoms with Crippen molar-refractivity contribution in [1.29, 1.82) is 0 Å². The number of ether oxygens (including phenoxy) is 1. The van der Waals surface area contributed by atoms with Crippen LogP contribution in [0.3, 0.4) is 0 Å². The van der Waals surface area contributed by atoms with E-state index in [2.05, 4.69) is 17.2 Å². The van der Waals surface area contributed by atoms with Crippen molar-refractivity contribution in [3.05, 3.63) is 58.5 Å². The first-order valence-electron chi connectivity index (χ1n) is 8.99. The molecule has 30 heavy (non-hydrogen) atoms. The number of hydrogen-bond acceptors (Lipinski definition) is 6. The molecule has 0 radical (unpaired) electrons. The van der Waals surface area contributed by atoms with E-state index in [4.69, 9.17) is 4.74 Å². The monoisotopic (exact) mass is 436 g/mol. The van der Waals surface area contributed by atoms with Crippen LogP contribution < -0.4 is 15.0 Å². The van der Waals surface area contributed by atoms with Crippen LogP contribution in [0.2, 0.25) is 0 Å². The van der Waals surface area contributed by atoms with Gasteiger partial charge < -0.3 is 4.74 Å². The quantitative estimate of drug-likeness (QED) is 0.586. The number of anilines is 1. The van der Waals surface area contributed by atoms with E-state index in [0.29, 0.717) is 22.0 Å². The second-order valence-electron chi connectivity index (χ2n) is 6.35. The minimum absolute atomic E-state index is 0.0207. The summed E-state index contributed by atoms with van der Waals surface area (Å²) in [6.07, 6.45) is 1.64. The lowest BCUT2D eigenvalue weighted by molar-refractivity contribution is -0.116. The van der Waals surface area contributed by atoms with Crippen molar-refractivity contribution in [1.82, 2.24) is 5.32 Å². The Morgan fingerprint density at radius 1 is 1.20 bits per heavy atom. The van der Waals surface area contributed by atoms with Crippen LogP contribution in [-0.4, -0.2) is 36.5 Å². The van der Waals surface area contributed by atoms with Gasteiger partial charge in [0.1, 0.15) is 5.75 Å². The normalized spacial score (nSPS) is 16.8. The zero-order valence-electron chi connectivity index (χ0n) is 15.9. The van der Waals surface area contributed by atoms with Crippen LogP contribution in [0.1, 0.15) is 11.1 Å². The molecule has 6 nitrogen and oxygen atoms in total. The number of nitrogens with one attached hydrogen (secondary N) is 1. The lowest BCUT2D eigenvalue weighted by Gasteiger charge is -2.27. The maximum atomic E-state index is 12.4. The molecule has 8 heteroatoms. The average Bonchev–Trinajstić information content (AvgIpc) is 3.06. The fourth-order valence-electron chi connectivity index (χ4n) is 3.03. The highest BCUT2D eigenvalue weighted by Crippen LogP contribution is 2.34. The molecule has 0 bridgehead atoms. The van der Waals surface area contributed by atoms with Crippen molar-refractivity contribution in [2.75, 3.05) is 24.3 Å². The van der Waals surface area contributed by atoms with Crippen LogP contribution in [0.25, 0.3) is 6.08 Å². The SMILES string of the molecule is COc1ccc(C=C2SC(=O)NC2=O)cc1C#CCN1C(=O)CSc2ccccc21. The standard InChI is InChI=1S/C22H16N2O4S2/c1-28-17-9-8-14(12-19-21(26)23-22(27)30-19)11-15(17)5-4-10-24-16-6-2-3-7-18(16)29-13-20(24)25/h2-3,6-9,11-12H,10,13H2,1H3,(H,23,26,27). The van der Waals surface area contributed by atoms with Crippen LogP contribution in [-0.2, 0) is 9.59 Å². The number of thioether (sulfide) groups is 2. The van der Waals surface area contributed by atoms with Gasteiger partial charge in [0.15, 0.2) is 0 Å². The fourth-order valence-corrected chi connectivity index (χ4v) is 4.64. The summed E-state index contributed by atoms with van der Waals surface area (Å²) in [5.41, 5.74) is 2.23. The molecule has 4 rings (SSSR count). The summed E-state index contributed by atoms with van der Waals surface area (Å²) < 4.78 is 5.38. The largest absolute Gasteiger partial charge is 0.495 e. The number of methoxy groups -OCH3 is 1. The van der Waals surface area contributed by atoms with Gasteiger partial charge in [-0.2, -0.15) is 0 Å². The lowest BCUT2D eigenvalue weighted by atomic mass is 10.1. The molecular weight excluding hydrogens is 420 g/mol. The summed E-state index contributed by atoms with van der Waals surface area (Å²) >= 11 is 2.39. The third-order valence-corrected chi connectivity index (χ3v) is 6.29. The molecular formula is C22H16N2O4S2. The Hall–Kier alpha value is -3.15.